The monoisotopic (exact) mass is 355 g/mol. The van der Waals surface area contributed by atoms with Crippen LogP contribution in [0.25, 0.3) is 0 Å². The van der Waals surface area contributed by atoms with Gasteiger partial charge >= 0.3 is 0 Å². The number of hydrogen-bond donors (Lipinski definition) is 2. The van der Waals surface area contributed by atoms with Gasteiger partial charge in [-0.05, 0) is 24.0 Å². The van der Waals surface area contributed by atoms with E-state index in [4.69, 9.17) is 15.9 Å². The second-order valence-electron chi connectivity index (χ2n) is 5.68. The minimum atomic E-state index is -1.08. The number of Topliss-reactive ketones (excluding diaryl/α,β-unsaturated/α-hetero) is 1. The van der Waals surface area contributed by atoms with Crippen LogP contribution in [0.1, 0.15) is 37.8 Å². The molecule has 4 N–H and O–H groups in total. The van der Waals surface area contributed by atoms with Crippen LogP contribution in [0.15, 0.2) is 54.0 Å². The Morgan fingerprint density at radius 3 is 2.76 bits per heavy atom. The van der Waals surface area contributed by atoms with E-state index in [0.717, 1.165) is 11.3 Å². The topological polar surface area (TPSA) is 112 Å². The lowest BCUT2D eigenvalue weighted by Gasteiger charge is -2.34. The number of nitrogen functional groups attached to an aromatic ring is 1. The Hall–Kier alpha value is -2.93. The maximum Gasteiger partial charge on any atom is 0.251 e. The van der Waals surface area contributed by atoms with Crippen LogP contribution in [-0.4, -0.2) is 16.7 Å². The zero-order valence-electron chi connectivity index (χ0n) is 13.5. The maximum atomic E-state index is 13.5. The molecule has 128 valence electrons. The molecule has 0 saturated heterocycles. The molecule has 1 amide bonds. The summed E-state index contributed by atoms with van der Waals surface area (Å²) in [5.41, 5.74) is 11.8. The van der Waals surface area contributed by atoms with Crippen LogP contribution in [0.5, 0.6) is 0 Å². The van der Waals surface area contributed by atoms with Gasteiger partial charge in [0.25, 0.3) is 5.91 Å². The molecule has 1 atom stereocenters. The van der Waals surface area contributed by atoms with Crippen molar-refractivity contribution >= 4 is 28.0 Å². The third kappa shape index (κ3) is 2.35. The Balaban J connectivity index is 2.27. The van der Waals surface area contributed by atoms with Crippen LogP contribution in [0.4, 0.5) is 5.00 Å². The van der Waals surface area contributed by atoms with Gasteiger partial charge in [-0.25, -0.2) is 4.98 Å². The molecule has 0 aliphatic heterocycles. The molecule has 3 rings (SSSR count). The van der Waals surface area contributed by atoms with Gasteiger partial charge in [-0.2, -0.15) is 0 Å². The standard InChI is InChI=1S/C18H17N3O3S/c1-3-5-10(4-2)18(12-8-21-9-24-12)7-6-11-13(16(19)23)17(20)25-14(11)15(18)22/h3-5,8-9H,1-2,6-7,20H2,(H2,19,23)/b10-5+. The molecule has 2 aromatic heterocycles. The summed E-state index contributed by atoms with van der Waals surface area (Å²) in [5.74, 6) is -0.410. The summed E-state index contributed by atoms with van der Waals surface area (Å²) in [4.78, 5) is 29.6. The van der Waals surface area contributed by atoms with Gasteiger partial charge in [0, 0.05) is 0 Å². The number of nitrogens with two attached hydrogens (primary N) is 2. The molecule has 1 aliphatic carbocycles. The van der Waals surface area contributed by atoms with Crippen LogP contribution in [0.2, 0.25) is 0 Å². The number of nitrogens with zero attached hydrogens (tertiary/aromatic N) is 1. The summed E-state index contributed by atoms with van der Waals surface area (Å²) < 4.78 is 5.50. The minimum Gasteiger partial charge on any atom is -0.447 e. The van der Waals surface area contributed by atoms with Gasteiger partial charge in [-0.1, -0.05) is 31.4 Å². The van der Waals surface area contributed by atoms with E-state index in [0.29, 0.717) is 34.6 Å². The fraction of sp³-hybridized carbons (Fsp3) is 0.167. The number of fused-ring (bicyclic) bond motifs is 1. The highest BCUT2D eigenvalue weighted by molar-refractivity contribution is 7.18. The Bertz CT molecular complexity index is 908. The van der Waals surface area contributed by atoms with Crippen molar-refractivity contribution in [3.05, 3.63) is 71.3 Å². The largest absolute Gasteiger partial charge is 0.447 e. The van der Waals surface area contributed by atoms with Gasteiger partial charge in [0.15, 0.2) is 12.2 Å². The summed E-state index contributed by atoms with van der Waals surface area (Å²) >= 11 is 1.08. The first-order valence-electron chi connectivity index (χ1n) is 7.57. The first-order valence-corrected chi connectivity index (χ1v) is 8.39. The molecular weight excluding hydrogens is 338 g/mol. The number of oxazole rings is 1. The number of hydrogen-bond acceptors (Lipinski definition) is 6. The Morgan fingerprint density at radius 2 is 2.20 bits per heavy atom. The molecule has 0 saturated carbocycles. The number of anilines is 1. The zero-order valence-corrected chi connectivity index (χ0v) is 14.3. The maximum absolute atomic E-state index is 13.5. The molecule has 0 bridgehead atoms. The summed E-state index contributed by atoms with van der Waals surface area (Å²) in [6.45, 7) is 7.53. The molecular formula is C18H17N3O3S. The highest BCUT2D eigenvalue weighted by Gasteiger charge is 2.50. The van der Waals surface area contributed by atoms with Gasteiger partial charge in [-0.3, -0.25) is 9.59 Å². The summed E-state index contributed by atoms with van der Waals surface area (Å²) in [6, 6.07) is 0. The van der Waals surface area contributed by atoms with Gasteiger partial charge in [0.2, 0.25) is 0 Å². The fourth-order valence-corrected chi connectivity index (χ4v) is 4.53. The van der Waals surface area contributed by atoms with E-state index < -0.39 is 11.3 Å². The SMILES string of the molecule is C=C/C=C(\C=C)C1(c2cnco2)CCc2c(sc(N)c2C(N)=O)C1=O. The van der Waals surface area contributed by atoms with Gasteiger partial charge in [0.1, 0.15) is 11.2 Å². The Kier molecular flexibility index (Phi) is 4.18. The van der Waals surface area contributed by atoms with Crippen LogP contribution in [0.3, 0.4) is 0 Å². The molecule has 2 aromatic rings. The molecule has 0 fully saturated rings. The second kappa shape index (κ2) is 6.18. The van der Waals surface area contributed by atoms with Crippen molar-refractivity contribution in [2.45, 2.75) is 18.3 Å². The van der Waals surface area contributed by atoms with Crippen molar-refractivity contribution in [1.29, 1.82) is 0 Å². The summed E-state index contributed by atoms with van der Waals surface area (Å²) in [7, 11) is 0. The summed E-state index contributed by atoms with van der Waals surface area (Å²) in [5, 5.41) is 0.257. The lowest BCUT2D eigenvalue weighted by atomic mass is 9.66. The number of carbonyl (C=O) groups excluding carboxylic acids is 2. The van der Waals surface area contributed by atoms with Gasteiger partial charge in [-0.15, -0.1) is 11.3 Å². The van der Waals surface area contributed by atoms with Crippen molar-refractivity contribution in [3.8, 4) is 0 Å². The second-order valence-corrected chi connectivity index (χ2v) is 6.73. The van der Waals surface area contributed by atoms with Crippen LogP contribution in [-0.2, 0) is 11.8 Å². The van der Waals surface area contributed by atoms with Crippen molar-refractivity contribution in [2.24, 2.45) is 5.73 Å². The van der Waals surface area contributed by atoms with E-state index in [1.54, 1.807) is 18.2 Å². The number of allylic oxidation sites excluding steroid dienone is 4. The van der Waals surface area contributed by atoms with Crippen molar-refractivity contribution in [3.63, 3.8) is 0 Å². The first kappa shape index (κ1) is 16.9. The Labute approximate surface area is 148 Å². The molecule has 0 aromatic carbocycles. The summed E-state index contributed by atoms with van der Waals surface area (Å²) in [6.07, 6.45) is 8.58. The highest BCUT2D eigenvalue weighted by Crippen LogP contribution is 2.48. The van der Waals surface area contributed by atoms with E-state index in [1.165, 1.54) is 12.6 Å². The minimum absolute atomic E-state index is 0.206. The average Bonchev–Trinajstić information content (AvgIpc) is 3.21. The number of thiophene rings is 1. The predicted molar refractivity (Wildman–Crippen MR) is 96.6 cm³/mol. The predicted octanol–water partition coefficient (Wildman–Crippen LogP) is 2.78. The molecule has 1 aliphatic rings. The lowest BCUT2D eigenvalue weighted by Crippen LogP contribution is -2.41. The third-order valence-corrected chi connectivity index (χ3v) is 5.55. The van der Waals surface area contributed by atoms with Crippen LogP contribution in [0, 0.1) is 0 Å². The average molecular weight is 355 g/mol. The highest BCUT2D eigenvalue weighted by atomic mass is 32.1. The molecule has 0 spiro atoms. The number of carbonyl (C=O) groups is 2. The molecule has 1 unspecified atom stereocenters. The number of ketones is 1. The van der Waals surface area contributed by atoms with E-state index in [1.807, 2.05) is 0 Å². The fourth-order valence-electron chi connectivity index (χ4n) is 3.39. The molecule has 6 nitrogen and oxygen atoms in total. The van der Waals surface area contributed by atoms with Crippen molar-refractivity contribution < 1.29 is 14.0 Å². The molecule has 2 heterocycles. The molecule has 25 heavy (non-hydrogen) atoms. The van der Waals surface area contributed by atoms with Crippen molar-refractivity contribution in [1.82, 2.24) is 4.98 Å². The number of aromatic nitrogens is 1. The van der Waals surface area contributed by atoms with Gasteiger partial charge in [0.05, 0.1) is 21.6 Å². The Morgan fingerprint density at radius 1 is 1.44 bits per heavy atom. The molecule has 0 radical (unpaired) electrons. The third-order valence-electron chi connectivity index (χ3n) is 4.49. The van der Waals surface area contributed by atoms with Crippen LogP contribution < -0.4 is 11.5 Å². The van der Waals surface area contributed by atoms with Gasteiger partial charge < -0.3 is 15.9 Å². The quantitative estimate of drug-likeness (QED) is 0.801. The van der Waals surface area contributed by atoms with E-state index in [2.05, 4.69) is 18.1 Å². The number of primary amides is 1. The van der Waals surface area contributed by atoms with E-state index in [-0.39, 0.29) is 16.3 Å². The van der Waals surface area contributed by atoms with E-state index >= 15 is 0 Å². The number of amides is 1. The first-order chi connectivity index (χ1) is 12.0. The molecule has 7 heteroatoms. The lowest BCUT2D eigenvalue weighted by molar-refractivity contribution is 0.0879. The van der Waals surface area contributed by atoms with Crippen LogP contribution >= 0.6 is 11.3 Å². The normalized spacial score (nSPS) is 20.2. The van der Waals surface area contributed by atoms with Crippen molar-refractivity contribution in [2.75, 3.05) is 5.73 Å². The number of rotatable bonds is 5. The zero-order chi connectivity index (χ0) is 18.2. The van der Waals surface area contributed by atoms with E-state index in [9.17, 15) is 9.59 Å². The smallest absolute Gasteiger partial charge is 0.251 e.